The van der Waals surface area contributed by atoms with Crippen LogP contribution in [-0.2, 0) is 19.1 Å². The van der Waals surface area contributed by atoms with Crippen molar-refractivity contribution in [3.63, 3.8) is 0 Å². The fourth-order valence-corrected chi connectivity index (χ4v) is 9.04. The molecule has 3 heterocycles. The molecule has 0 radical (unpaired) electrons. The topological polar surface area (TPSA) is 99.6 Å². The number of anilines is 2. The third-order valence-electron chi connectivity index (χ3n) is 10.9. The van der Waals surface area contributed by atoms with E-state index in [0.717, 1.165) is 5.56 Å². The van der Waals surface area contributed by atoms with Crippen molar-refractivity contribution in [2.45, 2.75) is 63.3 Å². The van der Waals surface area contributed by atoms with Gasteiger partial charge in [-0.25, -0.2) is 0 Å². The Labute approximate surface area is 305 Å². The lowest BCUT2D eigenvalue weighted by Crippen LogP contribution is -2.57. The molecule has 3 aromatic rings. The second kappa shape index (κ2) is 14.7. The Balaban J connectivity index is 1.51. The molecular formula is C41H46ClN3O6. The average Bonchev–Trinajstić information content (AvgIpc) is 3.74. The number of aliphatic hydroxyl groups is 1. The molecule has 1 spiro atoms. The van der Waals surface area contributed by atoms with E-state index in [1.54, 1.807) is 28.0 Å². The standard InChI is InChI=1S/C41H46ClN3O6/c1-6-24-43(29-18-20-30(21-19-29)50-9-4)37(47)33-34-38(48)45(32(26-46)28-15-11-10-12-16-28)36(41(34)23-22-40(33,8-3)51-41)39(49)44(25-7-2)35-27(5)14-13-17-31(35)42/h6-7,10-21,32-34,36,46H,1-2,8-9,22-26H2,3-5H3/t32-,33-,34+,36?,40+,41?/m1/s1. The number of nitrogens with zero attached hydrogens (tertiary/aromatic N) is 3. The van der Waals surface area contributed by atoms with Crippen molar-refractivity contribution in [2.75, 3.05) is 36.1 Å². The minimum absolute atomic E-state index is 0.115. The predicted molar refractivity (Wildman–Crippen MR) is 199 cm³/mol. The summed E-state index contributed by atoms with van der Waals surface area (Å²) >= 11 is 6.76. The maximum atomic E-state index is 15.3. The zero-order chi connectivity index (χ0) is 36.5. The molecule has 51 heavy (non-hydrogen) atoms. The van der Waals surface area contributed by atoms with Gasteiger partial charge < -0.3 is 29.3 Å². The fraction of sp³-hybridized carbons (Fsp3) is 0.390. The number of benzene rings is 3. The summed E-state index contributed by atoms with van der Waals surface area (Å²) in [5.41, 5.74) is 0.240. The number of likely N-dealkylation sites (tertiary alicyclic amines) is 1. The molecule has 0 aliphatic carbocycles. The van der Waals surface area contributed by atoms with Crippen molar-refractivity contribution in [1.82, 2.24) is 4.90 Å². The van der Waals surface area contributed by atoms with E-state index in [4.69, 9.17) is 21.1 Å². The predicted octanol–water partition coefficient (Wildman–Crippen LogP) is 6.67. The minimum atomic E-state index is -1.35. The van der Waals surface area contributed by atoms with Crippen LogP contribution >= 0.6 is 11.6 Å². The molecule has 10 heteroatoms. The van der Waals surface area contributed by atoms with E-state index in [-0.39, 0.29) is 19.0 Å². The van der Waals surface area contributed by atoms with E-state index in [0.29, 0.717) is 53.6 Å². The Morgan fingerprint density at radius 2 is 1.69 bits per heavy atom. The number of halogens is 1. The molecule has 0 saturated carbocycles. The molecule has 3 amide bonds. The number of hydrogen-bond donors (Lipinski definition) is 1. The summed E-state index contributed by atoms with van der Waals surface area (Å²) in [5, 5.41) is 11.4. The second-order valence-electron chi connectivity index (χ2n) is 13.5. The number of carbonyl (C=O) groups excluding carboxylic acids is 3. The van der Waals surface area contributed by atoms with Crippen molar-refractivity contribution < 1.29 is 29.0 Å². The van der Waals surface area contributed by atoms with E-state index in [1.165, 1.54) is 4.90 Å². The summed E-state index contributed by atoms with van der Waals surface area (Å²) in [7, 11) is 0. The molecule has 6 rings (SSSR count). The highest BCUT2D eigenvalue weighted by atomic mass is 35.5. The van der Waals surface area contributed by atoms with Crippen molar-refractivity contribution >= 4 is 40.7 Å². The maximum Gasteiger partial charge on any atom is 0.253 e. The number of amides is 3. The monoisotopic (exact) mass is 711 g/mol. The molecule has 3 saturated heterocycles. The highest BCUT2D eigenvalue weighted by molar-refractivity contribution is 6.34. The Morgan fingerprint density at radius 1 is 1.00 bits per heavy atom. The van der Waals surface area contributed by atoms with E-state index in [1.807, 2.05) is 87.5 Å². The van der Waals surface area contributed by atoms with Crippen LogP contribution in [0.25, 0.3) is 0 Å². The highest BCUT2D eigenvalue weighted by Gasteiger charge is 2.79. The molecule has 3 aliphatic rings. The van der Waals surface area contributed by atoms with Gasteiger partial charge in [0.2, 0.25) is 11.8 Å². The lowest BCUT2D eigenvalue weighted by atomic mass is 9.64. The quantitative estimate of drug-likeness (QED) is 0.188. The number of rotatable bonds is 14. The molecule has 3 fully saturated rings. The number of aliphatic hydroxyl groups excluding tert-OH is 1. The molecule has 1 N–H and O–H groups in total. The average molecular weight is 712 g/mol. The van der Waals surface area contributed by atoms with Gasteiger partial charge in [-0.1, -0.05) is 73.1 Å². The van der Waals surface area contributed by atoms with Gasteiger partial charge >= 0.3 is 0 Å². The summed E-state index contributed by atoms with van der Waals surface area (Å²) < 4.78 is 12.8. The number of hydrogen-bond acceptors (Lipinski definition) is 6. The zero-order valence-corrected chi connectivity index (χ0v) is 30.2. The third kappa shape index (κ3) is 5.95. The zero-order valence-electron chi connectivity index (χ0n) is 29.5. The van der Waals surface area contributed by atoms with Crippen LogP contribution in [0.2, 0.25) is 5.02 Å². The number of carbonyl (C=O) groups is 3. The summed E-state index contributed by atoms with van der Waals surface area (Å²) in [6.45, 7) is 14.0. The summed E-state index contributed by atoms with van der Waals surface area (Å²) in [5.74, 6) is -2.30. The highest BCUT2D eigenvalue weighted by Crippen LogP contribution is 2.65. The van der Waals surface area contributed by atoms with E-state index >= 15 is 14.4 Å². The lowest BCUT2D eigenvalue weighted by Gasteiger charge is -2.40. The van der Waals surface area contributed by atoms with E-state index in [9.17, 15) is 5.11 Å². The van der Waals surface area contributed by atoms with Crippen LogP contribution in [0.15, 0.2) is 98.1 Å². The van der Waals surface area contributed by atoms with E-state index < -0.39 is 53.5 Å². The maximum absolute atomic E-state index is 15.3. The molecule has 9 nitrogen and oxygen atoms in total. The van der Waals surface area contributed by atoms with Gasteiger partial charge in [-0.15, -0.1) is 13.2 Å². The molecule has 2 bridgehead atoms. The first-order valence-corrected chi connectivity index (χ1v) is 18.0. The fourth-order valence-electron chi connectivity index (χ4n) is 8.72. The van der Waals surface area contributed by atoms with Crippen LogP contribution in [0, 0.1) is 18.8 Å². The van der Waals surface area contributed by atoms with Crippen molar-refractivity contribution in [2.24, 2.45) is 11.8 Å². The van der Waals surface area contributed by atoms with Gasteiger partial charge in [0, 0.05) is 18.8 Å². The minimum Gasteiger partial charge on any atom is -0.494 e. The van der Waals surface area contributed by atoms with Gasteiger partial charge in [-0.3, -0.25) is 14.4 Å². The first kappa shape index (κ1) is 36.4. The molecule has 0 aromatic heterocycles. The molecule has 3 aromatic carbocycles. The number of aryl methyl sites for hydroxylation is 1. The van der Waals surface area contributed by atoms with Gasteiger partial charge in [0.1, 0.15) is 17.4 Å². The molecular weight excluding hydrogens is 666 g/mol. The van der Waals surface area contributed by atoms with Crippen LogP contribution in [0.5, 0.6) is 5.75 Å². The Kier molecular flexibility index (Phi) is 10.4. The van der Waals surface area contributed by atoms with Crippen molar-refractivity contribution in [1.29, 1.82) is 0 Å². The van der Waals surface area contributed by atoms with Crippen LogP contribution < -0.4 is 14.5 Å². The first-order valence-electron chi connectivity index (χ1n) is 17.6. The molecule has 6 atom stereocenters. The first-order chi connectivity index (χ1) is 24.6. The lowest BCUT2D eigenvalue weighted by molar-refractivity contribution is -0.149. The Bertz CT molecular complexity index is 1780. The van der Waals surface area contributed by atoms with Gasteiger partial charge in [-0.05, 0) is 74.6 Å². The number of ether oxygens (including phenoxy) is 2. The second-order valence-corrected chi connectivity index (χ2v) is 13.9. The smallest absolute Gasteiger partial charge is 0.253 e. The van der Waals surface area contributed by atoms with Crippen LogP contribution in [0.1, 0.15) is 50.3 Å². The van der Waals surface area contributed by atoms with Crippen molar-refractivity contribution in [3.8, 4) is 5.75 Å². The molecule has 3 aliphatic heterocycles. The van der Waals surface area contributed by atoms with Gasteiger partial charge in [-0.2, -0.15) is 0 Å². The van der Waals surface area contributed by atoms with Gasteiger partial charge in [0.15, 0.2) is 0 Å². The van der Waals surface area contributed by atoms with Gasteiger partial charge in [0.05, 0.1) is 47.4 Å². The summed E-state index contributed by atoms with van der Waals surface area (Å²) in [4.78, 5) is 50.3. The summed E-state index contributed by atoms with van der Waals surface area (Å²) in [6.07, 6.45) is 4.60. The van der Waals surface area contributed by atoms with Crippen LogP contribution in [-0.4, -0.2) is 71.3 Å². The van der Waals surface area contributed by atoms with Crippen LogP contribution in [0.4, 0.5) is 11.4 Å². The third-order valence-corrected chi connectivity index (χ3v) is 11.2. The summed E-state index contributed by atoms with van der Waals surface area (Å²) in [6, 6.07) is 19.8. The van der Waals surface area contributed by atoms with Crippen molar-refractivity contribution in [3.05, 3.63) is 114 Å². The van der Waals surface area contributed by atoms with Gasteiger partial charge in [0.25, 0.3) is 5.91 Å². The Morgan fingerprint density at radius 3 is 2.29 bits per heavy atom. The molecule has 2 unspecified atom stereocenters. The normalized spacial score (nSPS) is 25.3. The molecule has 268 valence electrons. The number of fused-ring (bicyclic) bond motifs is 1. The SMILES string of the molecule is C=CCN(C(=O)[C@H]1[C@H]2C(=O)N([C@H](CO)c3ccccc3)C(C(=O)N(CC=C)c3c(C)cccc3Cl)C23CC[C@]1(CC)O3)c1ccc(OCC)cc1. The Hall–Kier alpha value is -4.44. The van der Waals surface area contributed by atoms with E-state index in [2.05, 4.69) is 13.2 Å². The van der Waals surface area contributed by atoms with Crippen LogP contribution in [0.3, 0.4) is 0 Å². The largest absolute Gasteiger partial charge is 0.494 e. The number of para-hydroxylation sites is 1.